The maximum absolute atomic E-state index is 11.5. The zero-order chi connectivity index (χ0) is 16.8. The van der Waals surface area contributed by atoms with Gasteiger partial charge in [-0.15, -0.1) is 0 Å². The zero-order valence-corrected chi connectivity index (χ0v) is 13.4. The van der Waals surface area contributed by atoms with Crippen molar-refractivity contribution < 1.29 is 9.59 Å². The molecule has 0 aliphatic heterocycles. The SMILES string of the molecule is CC(=O)Nc1ccc2c(c1)-c1ccc(NC(C)=O)c3cccc-2c13. The topological polar surface area (TPSA) is 58.2 Å². The predicted molar refractivity (Wildman–Crippen MR) is 97.0 cm³/mol. The molecule has 2 amide bonds. The van der Waals surface area contributed by atoms with Crippen molar-refractivity contribution in [3.05, 3.63) is 48.5 Å². The third-order valence-corrected chi connectivity index (χ3v) is 4.27. The smallest absolute Gasteiger partial charge is 0.221 e. The van der Waals surface area contributed by atoms with Crippen LogP contribution in [0.25, 0.3) is 33.0 Å². The minimum Gasteiger partial charge on any atom is -0.326 e. The number of hydrogen-bond acceptors (Lipinski definition) is 2. The largest absolute Gasteiger partial charge is 0.326 e. The van der Waals surface area contributed by atoms with Crippen molar-refractivity contribution in [2.75, 3.05) is 10.6 Å². The molecule has 1 aliphatic rings. The molecule has 24 heavy (non-hydrogen) atoms. The first-order chi connectivity index (χ1) is 11.5. The number of nitrogens with one attached hydrogen (secondary N) is 2. The van der Waals surface area contributed by atoms with E-state index in [1.54, 1.807) is 0 Å². The highest BCUT2D eigenvalue weighted by molar-refractivity contribution is 6.19. The molecule has 0 saturated heterocycles. The summed E-state index contributed by atoms with van der Waals surface area (Å²) in [5.74, 6) is -0.171. The highest BCUT2D eigenvalue weighted by Crippen LogP contribution is 2.49. The standard InChI is InChI=1S/C20H16N2O2/c1-11(23)21-13-6-7-14-15-4-3-5-17-19(22-12(2)24)9-8-16(20(15)17)18(14)10-13/h3-10H,1-2H3,(H,21,23)(H,22,24). The Kier molecular flexibility index (Phi) is 3.13. The van der Waals surface area contributed by atoms with Gasteiger partial charge in [-0.3, -0.25) is 9.59 Å². The molecule has 4 nitrogen and oxygen atoms in total. The van der Waals surface area contributed by atoms with Crippen molar-refractivity contribution in [2.24, 2.45) is 0 Å². The lowest BCUT2D eigenvalue weighted by molar-refractivity contribution is -0.115. The molecule has 1 aliphatic carbocycles. The fraction of sp³-hybridized carbons (Fsp3) is 0.100. The Morgan fingerprint density at radius 2 is 1.46 bits per heavy atom. The number of amides is 2. The van der Waals surface area contributed by atoms with Gasteiger partial charge in [0.15, 0.2) is 0 Å². The predicted octanol–water partition coefficient (Wildman–Crippen LogP) is 4.40. The third kappa shape index (κ3) is 2.15. The van der Waals surface area contributed by atoms with Crippen molar-refractivity contribution >= 4 is 34.0 Å². The van der Waals surface area contributed by atoms with E-state index in [4.69, 9.17) is 0 Å². The summed E-state index contributed by atoms with van der Waals surface area (Å²) >= 11 is 0. The number of carbonyl (C=O) groups excluding carboxylic acids is 2. The fourth-order valence-electron chi connectivity index (χ4n) is 3.44. The fourth-order valence-corrected chi connectivity index (χ4v) is 3.44. The second-order valence-corrected chi connectivity index (χ2v) is 6.01. The lowest BCUT2D eigenvalue weighted by Crippen LogP contribution is -2.06. The normalized spacial score (nSPS) is 11.2. The number of rotatable bonds is 2. The average Bonchev–Trinajstić information content (AvgIpc) is 2.84. The average molecular weight is 316 g/mol. The van der Waals surface area contributed by atoms with Crippen molar-refractivity contribution in [3.63, 3.8) is 0 Å². The molecule has 0 fully saturated rings. The molecule has 0 saturated carbocycles. The maximum atomic E-state index is 11.5. The van der Waals surface area contributed by atoms with Crippen LogP contribution >= 0.6 is 0 Å². The molecule has 2 N–H and O–H groups in total. The van der Waals surface area contributed by atoms with Crippen LogP contribution in [-0.4, -0.2) is 11.8 Å². The van der Waals surface area contributed by atoms with E-state index in [2.05, 4.69) is 16.7 Å². The van der Waals surface area contributed by atoms with Gasteiger partial charge in [-0.2, -0.15) is 0 Å². The summed E-state index contributed by atoms with van der Waals surface area (Å²) in [4.78, 5) is 22.8. The van der Waals surface area contributed by atoms with Crippen LogP contribution in [0.2, 0.25) is 0 Å². The molecule has 118 valence electrons. The van der Waals surface area contributed by atoms with E-state index in [0.717, 1.165) is 44.4 Å². The minimum absolute atomic E-state index is 0.0841. The molecular formula is C20H16N2O2. The molecule has 0 aromatic heterocycles. The first-order valence-corrected chi connectivity index (χ1v) is 7.80. The monoisotopic (exact) mass is 316 g/mol. The molecular weight excluding hydrogens is 300 g/mol. The van der Waals surface area contributed by atoms with Crippen molar-refractivity contribution in [3.8, 4) is 22.3 Å². The van der Waals surface area contributed by atoms with Gasteiger partial charge < -0.3 is 10.6 Å². The van der Waals surface area contributed by atoms with Gasteiger partial charge in [0.05, 0.1) is 0 Å². The Hall–Kier alpha value is -3.14. The number of benzene rings is 3. The van der Waals surface area contributed by atoms with Gasteiger partial charge in [0.25, 0.3) is 0 Å². The Morgan fingerprint density at radius 1 is 0.750 bits per heavy atom. The summed E-state index contributed by atoms with van der Waals surface area (Å²) in [6.07, 6.45) is 0. The summed E-state index contributed by atoms with van der Waals surface area (Å²) in [5.41, 5.74) is 6.12. The maximum Gasteiger partial charge on any atom is 0.221 e. The van der Waals surface area contributed by atoms with Crippen molar-refractivity contribution in [1.82, 2.24) is 0 Å². The molecule has 0 spiro atoms. The van der Waals surface area contributed by atoms with E-state index < -0.39 is 0 Å². The Labute approximate surface area is 139 Å². The number of anilines is 2. The summed E-state index contributed by atoms with van der Waals surface area (Å²) in [6.45, 7) is 3.01. The van der Waals surface area contributed by atoms with E-state index in [-0.39, 0.29) is 11.8 Å². The summed E-state index contributed by atoms with van der Waals surface area (Å²) in [6, 6.07) is 16.0. The Bertz CT molecular complexity index is 1020. The summed E-state index contributed by atoms with van der Waals surface area (Å²) < 4.78 is 0. The number of carbonyl (C=O) groups is 2. The van der Waals surface area contributed by atoms with E-state index in [9.17, 15) is 9.59 Å². The van der Waals surface area contributed by atoms with Crippen LogP contribution in [0, 0.1) is 0 Å². The van der Waals surface area contributed by atoms with Gasteiger partial charge in [0, 0.05) is 30.6 Å². The van der Waals surface area contributed by atoms with E-state index in [0.29, 0.717) is 0 Å². The molecule has 4 heteroatoms. The van der Waals surface area contributed by atoms with Crippen LogP contribution in [0.1, 0.15) is 13.8 Å². The minimum atomic E-state index is -0.0865. The molecule has 0 unspecified atom stereocenters. The molecule has 4 rings (SSSR count). The molecule has 3 aromatic carbocycles. The molecule has 0 atom stereocenters. The lowest BCUT2D eigenvalue weighted by Gasteiger charge is -2.09. The first-order valence-electron chi connectivity index (χ1n) is 7.80. The molecule has 3 aromatic rings. The van der Waals surface area contributed by atoms with Gasteiger partial charge in [-0.05, 0) is 45.8 Å². The molecule has 0 heterocycles. The first kappa shape index (κ1) is 14.5. The van der Waals surface area contributed by atoms with Gasteiger partial charge in [0.1, 0.15) is 0 Å². The van der Waals surface area contributed by atoms with Crippen LogP contribution < -0.4 is 10.6 Å². The summed E-state index contributed by atoms with van der Waals surface area (Å²) in [7, 11) is 0. The summed E-state index contributed by atoms with van der Waals surface area (Å²) in [5, 5.41) is 7.90. The van der Waals surface area contributed by atoms with E-state index in [1.165, 1.54) is 13.8 Å². The van der Waals surface area contributed by atoms with Crippen LogP contribution in [-0.2, 0) is 9.59 Å². The quantitative estimate of drug-likeness (QED) is 0.576. The third-order valence-electron chi connectivity index (χ3n) is 4.27. The van der Waals surface area contributed by atoms with Crippen molar-refractivity contribution in [1.29, 1.82) is 0 Å². The number of hydrogen-bond donors (Lipinski definition) is 2. The Balaban J connectivity index is 1.95. The zero-order valence-electron chi connectivity index (χ0n) is 13.4. The van der Waals surface area contributed by atoms with E-state index >= 15 is 0 Å². The van der Waals surface area contributed by atoms with Crippen LogP contribution in [0.15, 0.2) is 48.5 Å². The van der Waals surface area contributed by atoms with Gasteiger partial charge in [-0.1, -0.05) is 30.3 Å². The van der Waals surface area contributed by atoms with Crippen LogP contribution in [0.5, 0.6) is 0 Å². The van der Waals surface area contributed by atoms with Crippen LogP contribution in [0.3, 0.4) is 0 Å². The number of fused-ring (bicyclic) bond motifs is 3. The van der Waals surface area contributed by atoms with Gasteiger partial charge in [0.2, 0.25) is 11.8 Å². The highest BCUT2D eigenvalue weighted by Gasteiger charge is 2.22. The van der Waals surface area contributed by atoms with E-state index in [1.807, 2.05) is 42.5 Å². The van der Waals surface area contributed by atoms with Crippen molar-refractivity contribution in [2.45, 2.75) is 13.8 Å². The lowest BCUT2D eigenvalue weighted by atomic mass is 10.0. The highest BCUT2D eigenvalue weighted by atomic mass is 16.2. The van der Waals surface area contributed by atoms with Crippen LogP contribution in [0.4, 0.5) is 11.4 Å². The second kappa shape index (κ2) is 5.20. The second-order valence-electron chi connectivity index (χ2n) is 6.01. The van der Waals surface area contributed by atoms with Gasteiger partial charge in [-0.25, -0.2) is 0 Å². The van der Waals surface area contributed by atoms with Gasteiger partial charge >= 0.3 is 0 Å². The molecule has 0 radical (unpaired) electrons. The molecule has 0 bridgehead atoms. The Morgan fingerprint density at radius 3 is 2.21 bits per heavy atom.